The van der Waals surface area contributed by atoms with Crippen molar-refractivity contribution in [2.24, 2.45) is 5.92 Å². The molecule has 0 atom stereocenters. The maximum atomic E-state index is 3.74. The van der Waals surface area contributed by atoms with Crippen molar-refractivity contribution in [1.29, 1.82) is 0 Å². The number of nitrogens with one attached hydrogen (secondary N) is 1. The third-order valence-electron chi connectivity index (χ3n) is 5.20. The molecule has 1 saturated carbocycles. The van der Waals surface area contributed by atoms with Gasteiger partial charge in [-0.05, 0) is 68.3 Å². The van der Waals surface area contributed by atoms with Crippen LogP contribution in [0.25, 0.3) is 0 Å². The summed E-state index contributed by atoms with van der Waals surface area (Å²) in [6, 6.07) is 9.53. The minimum absolute atomic E-state index is 0.734. The predicted molar refractivity (Wildman–Crippen MR) is 92.7 cm³/mol. The molecule has 1 saturated heterocycles. The first-order valence-corrected chi connectivity index (χ1v) is 9.21. The molecule has 1 aliphatic heterocycles. The largest absolute Gasteiger partial charge is 0.313 e. The Labute approximate surface area is 137 Å². The van der Waals surface area contributed by atoms with Crippen molar-refractivity contribution < 1.29 is 0 Å². The van der Waals surface area contributed by atoms with E-state index < -0.39 is 0 Å². The molecule has 21 heavy (non-hydrogen) atoms. The van der Waals surface area contributed by atoms with Gasteiger partial charge >= 0.3 is 0 Å². The summed E-state index contributed by atoms with van der Waals surface area (Å²) >= 11 is 3.57. The number of nitrogens with zero attached hydrogens (tertiary/aromatic N) is 1. The number of halogens is 1. The highest BCUT2D eigenvalue weighted by Crippen LogP contribution is 2.37. The summed E-state index contributed by atoms with van der Waals surface area (Å²) in [6.07, 6.45) is 5.36. The first-order valence-electron chi connectivity index (χ1n) is 8.42. The summed E-state index contributed by atoms with van der Waals surface area (Å²) in [7, 11) is 0. The van der Waals surface area contributed by atoms with Crippen molar-refractivity contribution in [3.8, 4) is 0 Å². The lowest BCUT2D eigenvalue weighted by molar-refractivity contribution is 0.184. The molecular formula is C18H27BrN2. The van der Waals surface area contributed by atoms with E-state index in [-0.39, 0.29) is 0 Å². The molecule has 116 valence electrons. The van der Waals surface area contributed by atoms with E-state index in [1.54, 1.807) is 0 Å². The molecule has 0 bridgehead atoms. The van der Waals surface area contributed by atoms with Crippen LogP contribution in [0.5, 0.6) is 0 Å². The zero-order valence-electron chi connectivity index (χ0n) is 13.0. The maximum Gasteiger partial charge on any atom is 0.0178 e. The third kappa shape index (κ3) is 4.30. The monoisotopic (exact) mass is 350 g/mol. The number of benzene rings is 1. The highest BCUT2D eigenvalue weighted by atomic mass is 79.9. The average Bonchev–Trinajstić information content (AvgIpc) is 2.43. The first-order chi connectivity index (χ1) is 10.2. The molecular weight excluding hydrogens is 324 g/mol. The Balaban J connectivity index is 1.32. The zero-order valence-corrected chi connectivity index (χ0v) is 14.6. The minimum Gasteiger partial charge on any atom is -0.313 e. The van der Waals surface area contributed by atoms with E-state index >= 15 is 0 Å². The summed E-state index contributed by atoms with van der Waals surface area (Å²) in [6.45, 7) is 7.36. The molecule has 0 radical (unpaired) electrons. The van der Waals surface area contributed by atoms with Gasteiger partial charge in [-0.2, -0.15) is 0 Å². The van der Waals surface area contributed by atoms with Crippen LogP contribution in [0.4, 0.5) is 0 Å². The fourth-order valence-electron chi connectivity index (χ4n) is 3.53. The molecule has 1 N–H and O–H groups in total. The molecule has 0 amide bonds. The van der Waals surface area contributed by atoms with Gasteiger partial charge in [-0.1, -0.05) is 35.0 Å². The molecule has 1 aromatic rings. The van der Waals surface area contributed by atoms with Crippen molar-refractivity contribution in [2.45, 2.75) is 44.6 Å². The quantitative estimate of drug-likeness (QED) is 0.862. The van der Waals surface area contributed by atoms with Crippen LogP contribution in [0.2, 0.25) is 0 Å². The van der Waals surface area contributed by atoms with Crippen molar-refractivity contribution in [3.05, 3.63) is 34.3 Å². The lowest BCUT2D eigenvalue weighted by Gasteiger charge is -2.37. The van der Waals surface area contributed by atoms with E-state index in [1.807, 2.05) is 0 Å². The summed E-state index contributed by atoms with van der Waals surface area (Å²) in [5.41, 5.74) is 1.49. The molecule has 3 rings (SSSR count). The fourth-order valence-corrected chi connectivity index (χ4v) is 3.95. The van der Waals surface area contributed by atoms with Crippen LogP contribution < -0.4 is 5.32 Å². The highest BCUT2D eigenvalue weighted by Gasteiger charge is 2.29. The Morgan fingerprint density at radius 2 is 2.00 bits per heavy atom. The van der Waals surface area contributed by atoms with Gasteiger partial charge in [0.05, 0.1) is 0 Å². The van der Waals surface area contributed by atoms with Gasteiger partial charge < -0.3 is 10.2 Å². The summed E-state index contributed by atoms with van der Waals surface area (Å²) in [4.78, 5) is 2.62. The van der Waals surface area contributed by atoms with Gasteiger partial charge in [-0.15, -0.1) is 0 Å². The Kier molecular flexibility index (Phi) is 5.36. The molecule has 3 heteroatoms. The van der Waals surface area contributed by atoms with Crippen molar-refractivity contribution >= 4 is 15.9 Å². The van der Waals surface area contributed by atoms with Crippen LogP contribution in [-0.2, 0) is 0 Å². The SMILES string of the molecule is CC1CCN(CCNC2CC(c3cccc(Br)c3)C2)CC1. The van der Waals surface area contributed by atoms with E-state index in [0.29, 0.717) is 0 Å². The zero-order chi connectivity index (χ0) is 14.7. The molecule has 0 aromatic heterocycles. The van der Waals surface area contributed by atoms with Crippen LogP contribution >= 0.6 is 15.9 Å². The molecule has 1 heterocycles. The van der Waals surface area contributed by atoms with E-state index in [0.717, 1.165) is 24.4 Å². The van der Waals surface area contributed by atoms with Crippen LogP contribution in [0, 0.1) is 5.92 Å². The predicted octanol–water partition coefficient (Wildman–Crippen LogP) is 4.02. The van der Waals surface area contributed by atoms with E-state index in [1.165, 1.54) is 55.4 Å². The van der Waals surface area contributed by atoms with Crippen molar-refractivity contribution in [1.82, 2.24) is 10.2 Å². The number of hydrogen-bond donors (Lipinski definition) is 1. The van der Waals surface area contributed by atoms with Gasteiger partial charge in [-0.25, -0.2) is 0 Å². The van der Waals surface area contributed by atoms with Crippen LogP contribution in [0.1, 0.15) is 44.1 Å². The number of likely N-dealkylation sites (tertiary alicyclic amines) is 1. The van der Waals surface area contributed by atoms with Gasteiger partial charge in [0.1, 0.15) is 0 Å². The minimum atomic E-state index is 0.734. The number of hydrogen-bond acceptors (Lipinski definition) is 2. The van der Waals surface area contributed by atoms with Gasteiger partial charge in [0.2, 0.25) is 0 Å². The van der Waals surface area contributed by atoms with E-state index in [4.69, 9.17) is 0 Å². The lowest BCUT2D eigenvalue weighted by atomic mass is 9.76. The van der Waals surface area contributed by atoms with Crippen molar-refractivity contribution in [3.63, 3.8) is 0 Å². The van der Waals surface area contributed by atoms with Crippen LogP contribution in [-0.4, -0.2) is 37.1 Å². The second kappa shape index (κ2) is 7.26. The van der Waals surface area contributed by atoms with E-state index in [2.05, 4.69) is 57.3 Å². The fraction of sp³-hybridized carbons (Fsp3) is 0.667. The van der Waals surface area contributed by atoms with Gasteiger partial charge in [0.25, 0.3) is 0 Å². The topological polar surface area (TPSA) is 15.3 Å². The molecule has 1 aromatic carbocycles. The molecule has 0 spiro atoms. The standard InChI is InChI=1S/C18H27BrN2/c1-14-5-8-21(9-6-14)10-7-20-18-12-16(13-18)15-3-2-4-17(19)11-15/h2-4,11,14,16,18,20H,5-10,12-13H2,1H3. The maximum absolute atomic E-state index is 3.74. The number of rotatable bonds is 5. The Morgan fingerprint density at radius 1 is 1.24 bits per heavy atom. The Bertz CT molecular complexity index is 448. The molecule has 2 nitrogen and oxygen atoms in total. The normalized spacial score (nSPS) is 27.5. The van der Waals surface area contributed by atoms with E-state index in [9.17, 15) is 0 Å². The number of piperidine rings is 1. The van der Waals surface area contributed by atoms with Gasteiger partial charge in [0, 0.05) is 23.6 Å². The van der Waals surface area contributed by atoms with Gasteiger partial charge in [-0.3, -0.25) is 0 Å². The molecule has 2 aliphatic rings. The third-order valence-corrected chi connectivity index (χ3v) is 5.69. The van der Waals surface area contributed by atoms with Crippen LogP contribution in [0.3, 0.4) is 0 Å². The molecule has 0 unspecified atom stereocenters. The summed E-state index contributed by atoms with van der Waals surface area (Å²) in [5, 5.41) is 3.74. The Hall–Kier alpha value is -0.380. The Morgan fingerprint density at radius 3 is 2.71 bits per heavy atom. The van der Waals surface area contributed by atoms with Crippen LogP contribution in [0.15, 0.2) is 28.7 Å². The lowest BCUT2D eigenvalue weighted by Crippen LogP contribution is -2.44. The summed E-state index contributed by atoms with van der Waals surface area (Å²) in [5.74, 6) is 1.70. The molecule has 1 aliphatic carbocycles. The smallest absolute Gasteiger partial charge is 0.0178 e. The first kappa shape index (κ1) is 15.5. The second-order valence-electron chi connectivity index (χ2n) is 6.90. The highest BCUT2D eigenvalue weighted by molar-refractivity contribution is 9.10. The van der Waals surface area contributed by atoms with Gasteiger partial charge in [0.15, 0.2) is 0 Å². The average molecular weight is 351 g/mol. The second-order valence-corrected chi connectivity index (χ2v) is 7.81. The van der Waals surface area contributed by atoms with Crippen molar-refractivity contribution in [2.75, 3.05) is 26.2 Å². The summed E-state index contributed by atoms with van der Waals surface area (Å²) < 4.78 is 1.20. The molecule has 2 fully saturated rings.